The fourth-order valence-electron chi connectivity index (χ4n) is 6.11. The number of aromatic nitrogens is 1. The molecule has 210 valence electrons. The predicted octanol–water partition coefficient (Wildman–Crippen LogP) is 4.94. The van der Waals surface area contributed by atoms with Crippen LogP contribution in [-0.4, -0.2) is 16.4 Å². The molecule has 0 saturated heterocycles. The van der Waals surface area contributed by atoms with Gasteiger partial charge in [-0.2, -0.15) is 0 Å². The van der Waals surface area contributed by atoms with E-state index in [0.29, 0.717) is 0 Å². The van der Waals surface area contributed by atoms with Crippen molar-refractivity contribution in [2.45, 2.75) is 0 Å². The maximum absolute atomic E-state index is 5.33. The highest BCUT2D eigenvalue weighted by Gasteiger charge is 2.32. The van der Waals surface area contributed by atoms with Crippen molar-refractivity contribution in [2.24, 2.45) is 4.99 Å². The molecule has 5 aromatic rings. The van der Waals surface area contributed by atoms with E-state index < -0.39 is 0 Å². The lowest BCUT2D eigenvalue weighted by Crippen LogP contribution is -2.79. The van der Waals surface area contributed by atoms with Gasteiger partial charge in [-0.25, -0.2) is 9.98 Å². The molecule has 0 fully saturated rings. The van der Waals surface area contributed by atoms with Crippen molar-refractivity contribution in [1.82, 2.24) is 4.98 Å². The molecule has 5 aromatic heterocycles. The summed E-state index contributed by atoms with van der Waals surface area (Å²) < 4.78 is 0. The number of hydrogen-bond acceptors (Lipinski definition) is 5. The van der Waals surface area contributed by atoms with Gasteiger partial charge in [0.05, 0.1) is 27.9 Å². The van der Waals surface area contributed by atoms with Crippen molar-refractivity contribution in [3.8, 4) is 0 Å². The maximum atomic E-state index is 5.33. The highest BCUT2D eigenvalue weighted by molar-refractivity contribution is 7.12. The van der Waals surface area contributed by atoms with Crippen LogP contribution < -0.4 is 21.0 Å². The largest absolute Gasteiger partial charge is 0.354 e. The molecule has 0 radical (unpaired) electrons. The van der Waals surface area contributed by atoms with E-state index in [4.69, 9.17) is 4.99 Å². The second-order valence-corrected chi connectivity index (χ2v) is 14.4. The SMILES string of the molecule is C1=CC2=C(c3cccs3)C3=CC=C([NH2+]3)C(c3cccs3)=C3C=CC(=[NH+]3)C(c3cccs3)=c3ccc([nH]3)=C(c3cccs3)C1=N2. The van der Waals surface area contributed by atoms with Crippen molar-refractivity contribution >= 4 is 79.1 Å². The second-order valence-electron chi connectivity index (χ2n) is 10.6. The van der Waals surface area contributed by atoms with Gasteiger partial charge in [0.15, 0.2) is 0 Å². The number of nitrogens with two attached hydrogens (primary N) is 1. The van der Waals surface area contributed by atoms with Crippen LogP contribution in [0, 0.1) is 0 Å². The summed E-state index contributed by atoms with van der Waals surface area (Å²) in [5, 5.41) is 13.0. The van der Waals surface area contributed by atoms with E-state index in [9.17, 15) is 0 Å². The molecule has 0 aromatic carbocycles. The molecule has 4 nitrogen and oxygen atoms in total. The molecule has 0 aliphatic carbocycles. The Bertz CT molecular complexity index is 2150. The van der Waals surface area contributed by atoms with Crippen LogP contribution in [-0.2, 0) is 0 Å². The summed E-state index contributed by atoms with van der Waals surface area (Å²) in [6, 6.07) is 21.7. The van der Waals surface area contributed by atoms with Crippen LogP contribution in [0.15, 0.2) is 146 Å². The molecular formula is C36H24N4S4+2. The summed E-state index contributed by atoms with van der Waals surface area (Å²) in [6.07, 6.45) is 13.3. The number of fused-ring (bicyclic) bond motifs is 6. The minimum absolute atomic E-state index is 0.967. The lowest BCUT2D eigenvalue weighted by molar-refractivity contribution is -0.537. The number of quaternary nitrogens is 1. The fourth-order valence-corrected chi connectivity index (χ4v) is 9.31. The molecule has 44 heavy (non-hydrogen) atoms. The topological polar surface area (TPSA) is 58.7 Å². The zero-order valence-corrected chi connectivity index (χ0v) is 26.5. The number of aromatic amines is 1. The maximum Gasteiger partial charge on any atom is 0.219 e. The van der Waals surface area contributed by atoms with Gasteiger partial charge in [-0.15, -0.1) is 45.3 Å². The van der Waals surface area contributed by atoms with Crippen LogP contribution in [0.2, 0.25) is 0 Å². The summed E-state index contributed by atoms with van der Waals surface area (Å²) in [7, 11) is 0. The molecular weight excluding hydrogens is 617 g/mol. The van der Waals surface area contributed by atoms with E-state index in [0.717, 1.165) is 50.2 Å². The molecule has 0 spiro atoms. The molecule has 4 N–H and O–H groups in total. The Kier molecular flexibility index (Phi) is 6.28. The molecule has 8 bridgehead atoms. The summed E-state index contributed by atoms with van der Waals surface area (Å²) in [5.74, 6) is 0. The first-order chi connectivity index (χ1) is 21.8. The van der Waals surface area contributed by atoms with Crippen molar-refractivity contribution in [3.05, 3.63) is 172 Å². The van der Waals surface area contributed by atoms with E-state index in [1.54, 1.807) is 45.3 Å². The van der Waals surface area contributed by atoms with Gasteiger partial charge in [-0.3, -0.25) is 5.32 Å². The number of nitrogens with zero attached hydrogens (tertiary/aromatic N) is 1. The van der Waals surface area contributed by atoms with Crippen molar-refractivity contribution in [2.75, 3.05) is 0 Å². The first-order valence-electron chi connectivity index (χ1n) is 14.2. The third-order valence-electron chi connectivity index (χ3n) is 8.00. The minimum atomic E-state index is 0.967. The molecule has 4 aliphatic rings. The molecule has 8 heteroatoms. The van der Waals surface area contributed by atoms with Crippen molar-refractivity contribution in [1.29, 1.82) is 0 Å². The van der Waals surface area contributed by atoms with E-state index in [1.807, 2.05) is 0 Å². The number of allylic oxidation sites excluding steroid dienone is 8. The lowest BCUT2D eigenvalue weighted by atomic mass is 10.1. The van der Waals surface area contributed by atoms with Crippen LogP contribution in [0.5, 0.6) is 0 Å². The quantitative estimate of drug-likeness (QED) is 0.249. The zero-order valence-electron chi connectivity index (χ0n) is 23.2. The van der Waals surface area contributed by atoms with Gasteiger partial charge in [-0.05, 0) is 70.1 Å². The third-order valence-corrected chi connectivity index (χ3v) is 11.6. The molecule has 9 rings (SSSR count). The predicted molar refractivity (Wildman–Crippen MR) is 186 cm³/mol. The molecule has 0 saturated carbocycles. The van der Waals surface area contributed by atoms with Crippen LogP contribution in [0.4, 0.5) is 0 Å². The van der Waals surface area contributed by atoms with Crippen LogP contribution in [0.1, 0.15) is 19.5 Å². The Morgan fingerprint density at radius 3 is 1.77 bits per heavy atom. The van der Waals surface area contributed by atoms with Gasteiger partial charge < -0.3 is 4.98 Å². The number of thiophene rings is 4. The van der Waals surface area contributed by atoms with Gasteiger partial charge in [0, 0.05) is 54.7 Å². The Labute approximate surface area is 269 Å². The first-order valence-corrected chi connectivity index (χ1v) is 17.8. The average molecular weight is 641 g/mol. The van der Waals surface area contributed by atoms with Crippen LogP contribution in [0.3, 0.4) is 0 Å². The summed E-state index contributed by atoms with van der Waals surface area (Å²) >= 11 is 7.02. The van der Waals surface area contributed by atoms with Crippen molar-refractivity contribution in [3.63, 3.8) is 0 Å². The Morgan fingerprint density at radius 2 is 1.14 bits per heavy atom. The monoisotopic (exact) mass is 640 g/mol. The first kappa shape index (κ1) is 26.0. The highest BCUT2D eigenvalue weighted by atomic mass is 32.1. The Balaban J connectivity index is 1.38. The molecule has 0 atom stereocenters. The van der Waals surface area contributed by atoms with E-state index in [1.165, 1.54) is 36.5 Å². The Morgan fingerprint density at radius 1 is 0.568 bits per heavy atom. The third kappa shape index (κ3) is 4.34. The second kappa shape index (κ2) is 10.6. The average Bonchev–Trinajstić information content (AvgIpc) is 3.90. The normalized spacial score (nSPS) is 17.5. The van der Waals surface area contributed by atoms with Gasteiger partial charge >= 0.3 is 0 Å². The number of nitrogens with one attached hydrogen (secondary N) is 2. The van der Waals surface area contributed by atoms with Crippen molar-refractivity contribution < 1.29 is 10.3 Å². The van der Waals surface area contributed by atoms with Crippen LogP contribution >= 0.6 is 45.3 Å². The molecule has 4 aliphatic heterocycles. The lowest BCUT2D eigenvalue weighted by Gasteiger charge is -2.10. The van der Waals surface area contributed by atoms with Gasteiger partial charge in [0.2, 0.25) is 11.4 Å². The van der Waals surface area contributed by atoms with Gasteiger partial charge in [0.25, 0.3) is 0 Å². The molecule has 0 amide bonds. The zero-order chi connectivity index (χ0) is 29.0. The molecule has 0 unspecified atom stereocenters. The summed E-state index contributed by atoms with van der Waals surface area (Å²) in [4.78, 5) is 17.8. The van der Waals surface area contributed by atoms with Gasteiger partial charge in [-0.1, -0.05) is 24.3 Å². The van der Waals surface area contributed by atoms with Crippen LogP contribution in [0.25, 0.3) is 22.3 Å². The number of aliphatic imine (C=N–C) groups is 1. The standard InChI is InChI=1S/C36H22N4S4/c1-5-29(41-17-1)33-21-9-11-23(37-21)34(30-6-2-18-42-30)25-13-15-27(39-25)36(32-8-4-20-44-32)28-16-14-26(40-28)35(31-7-3-19-43-31)24-12-10-22(33)38-24/h1-20,37,40H/p+2. The highest BCUT2D eigenvalue weighted by Crippen LogP contribution is 2.35. The fraction of sp³-hybridized carbons (Fsp3) is 0. The van der Waals surface area contributed by atoms with E-state index in [-0.39, 0.29) is 0 Å². The van der Waals surface area contributed by atoms with E-state index >= 15 is 0 Å². The smallest absolute Gasteiger partial charge is 0.219 e. The van der Waals surface area contributed by atoms with E-state index in [2.05, 4.69) is 134 Å². The summed E-state index contributed by atoms with van der Waals surface area (Å²) in [5.41, 5.74) is 11.1. The number of H-pyrrole nitrogens is 1. The van der Waals surface area contributed by atoms with Gasteiger partial charge in [0.1, 0.15) is 17.0 Å². The number of hydrogen-bond donors (Lipinski definition) is 3. The minimum Gasteiger partial charge on any atom is -0.354 e. The number of rotatable bonds is 4. The summed E-state index contributed by atoms with van der Waals surface area (Å²) in [6.45, 7) is 0. The Hall–Kier alpha value is -4.44. The molecule has 9 heterocycles.